The number of sulfonamides is 1. The van der Waals surface area contributed by atoms with Crippen molar-refractivity contribution >= 4 is 15.7 Å². The molecule has 0 spiro atoms. The summed E-state index contributed by atoms with van der Waals surface area (Å²) in [6.07, 6.45) is 1.55. The summed E-state index contributed by atoms with van der Waals surface area (Å²) in [6, 6.07) is 24.9. The highest BCUT2D eigenvalue weighted by Gasteiger charge is 2.13. The fourth-order valence-corrected chi connectivity index (χ4v) is 3.70. The highest BCUT2D eigenvalue weighted by Crippen LogP contribution is 2.20. The average Bonchev–Trinajstić information content (AvgIpc) is 2.72. The third-order valence-electron chi connectivity index (χ3n) is 4.44. The normalized spacial score (nSPS) is 12.0. The first kappa shape index (κ1) is 19.8. The van der Waals surface area contributed by atoms with Gasteiger partial charge in [0.05, 0.1) is 10.6 Å². The summed E-state index contributed by atoms with van der Waals surface area (Å²) in [5.41, 5.74) is 4.89. The van der Waals surface area contributed by atoms with E-state index in [-0.39, 0.29) is 4.90 Å². The summed E-state index contributed by atoms with van der Waals surface area (Å²) in [5, 5.41) is 4.24. The Morgan fingerprint density at radius 2 is 1.46 bits per heavy atom. The molecule has 144 valence electrons. The second-order valence-corrected chi connectivity index (χ2v) is 8.32. The van der Waals surface area contributed by atoms with Crippen LogP contribution in [0.1, 0.15) is 30.9 Å². The van der Waals surface area contributed by atoms with E-state index in [4.69, 9.17) is 0 Å². The average molecular weight is 393 g/mol. The van der Waals surface area contributed by atoms with Crippen LogP contribution in [0.3, 0.4) is 0 Å². The van der Waals surface area contributed by atoms with Gasteiger partial charge < -0.3 is 0 Å². The molecule has 0 heterocycles. The summed E-state index contributed by atoms with van der Waals surface area (Å²) in [7, 11) is -3.69. The van der Waals surface area contributed by atoms with Gasteiger partial charge in [0.2, 0.25) is 0 Å². The molecule has 0 fully saturated rings. The van der Waals surface area contributed by atoms with E-state index >= 15 is 0 Å². The zero-order valence-corrected chi connectivity index (χ0v) is 16.9. The summed E-state index contributed by atoms with van der Waals surface area (Å²) in [4.78, 5) is 2.59. The van der Waals surface area contributed by atoms with Crippen molar-refractivity contribution in [3.8, 4) is 11.1 Å². The molecule has 0 radical (unpaired) electrons. The minimum absolute atomic E-state index is 0.206. The topological polar surface area (TPSA) is 58.5 Å². The number of hydrazone groups is 1. The minimum atomic E-state index is -3.69. The lowest BCUT2D eigenvalue weighted by Crippen LogP contribution is -2.20. The molecule has 28 heavy (non-hydrogen) atoms. The Morgan fingerprint density at radius 3 is 2.07 bits per heavy atom. The molecule has 0 atom stereocenters. The molecule has 3 aromatic rings. The van der Waals surface area contributed by atoms with Gasteiger partial charge in [-0.2, -0.15) is 18.4 Å². The van der Waals surface area contributed by atoms with Gasteiger partial charge in [-0.05, 0) is 42.2 Å². The van der Waals surface area contributed by atoms with E-state index < -0.39 is 10.0 Å². The van der Waals surface area contributed by atoms with Crippen LogP contribution in [0.4, 0.5) is 0 Å². The largest absolute Gasteiger partial charge is 0.276 e. The van der Waals surface area contributed by atoms with Crippen LogP contribution >= 0.6 is 0 Å². The molecule has 0 aromatic heterocycles. The highest BCUT2D eigenvalue weighted by molar-refractivity contribution is 7.89. The smallest absolute Gasteiger partial charge is 0.200 e. The van der Waals surface area contributed by atoms with Gasteiger partial charge in [0.25, 0.3) is 10.0 Å². The molecule has 3 aromatic carbocycles. The molecule has 4 nitrogen and oxygen atoms in total. The molecule has 0 aliphatic rings. The Labute approximate surface area is 167 Å². The monoisotopic (exact) mass is 392 g/mol. The molecule has 0 aliphatic heterocycles. The van der Waals surface area contributed by atoms with Crippen molar-refractivity contribution < 1.29 is 8.42 Å². The minimum Gasteiger partial charge on any atom is -0.200 e. The Morgan fingerprint density at radius 1 is 0.857 bits per heavy atom. The zero-order chi connectivity index (χ0) is 20.0. The fourth-order valence-electron chi connectivity index (χ4n) is 2.87. The van der Waals surface area contributed by atoms with Gasteiger partial charge in [0.15, 0.2) is 0 Å². The summed E-state index contributed by atoms with van der Waals surface area (Å²) in [5.74, 6) is 0. The fraction of sp³-hybridized carbons (Fsp3) is 0.174. The lowest BCUT2D eigenvalue weighted by molar-refractivity contribution is 0.584. The van der Waals surface area contributed by atoms with Crippen molar-refractivity contribution in [2.45, 2.75) is 31.6 Å². The van der Waals surface area contributed by atoms with Crippen molar-refractivity contribution in [1.82, 2.24) is 4.83 Å². The molecule has 0 saturated carbocycles. The van der Waals surface area contributed by atoms with E-state index in [2.05, 4.69) is 22.1 Å². The van der Waals surface area contributed by atoms with Crippen molar-refractivity contribution in [3.05, 3.63) is 90.0 Å². The maximum absolute atomic E-state index is 12.5. The second kappa shape index (κ2) is 8.85. The summed E-state index contributed by atoms with van der Waals surface area (Å²) in [6.45, 7) is 3.96. The van der Waals surface area contributed by atoms with Gasteiger partial charge in [0.1, 0.15) is 0 Å². The lowest BCUT2D eigenvalue weighted by Gasteiger charge is -2.09. The first-order valence-corrected chi connectivity index (χ1v) is 10.8. The Bertz CT molecular complexity index is 1040. The number of hydrogen-bond acceptors (Lipinski definition) is 3. The van der Waals surface area contributed by atoms with E-state index in [0.717, 1.165) is 34.4 Å². The molecule has 3 rings (SSSR count). The molecule has 0 amide bonds. The molecule has 0 saturated heterocycles. The van der Waals surface area contributed by atoms with E-state index in [0.29, 0.717) is 6.42 Å². The van der Waals surface area contributed by atoms with Crippen molar-refractivity contribution in [3.63, 3.8) is 0 Å². The molecule has 1 N–H and O–H groups in total. The molecule has 0 unspecified atom stereocenters. The van der Waals surface area contributed by atoms with Crippen molar-refractivity contribution in [2.24, 2.45) is 5.10 Å². The molecule has 0 bridgehead atoms. The zero-order valence-electron chi connectivity index (χ0n) is 16.1. The van der Waals surface area contributed by atoms with Gasteiger partial charge in [-0.3, -0.25) is 0 Å². The molecule has 5 heteroatoms. The van der Waals surface area contributed by atoms with Crippen LogP contribution < -0.4 is 4.83 Å². The number of nitrogens with zero attached hydrogens (tertiary/aromatic N) is 1. The van der Waals surface area contributed by atoms with Crippen LogP contribution in [0.5, 0.6) is 0 Å². The highest BCUT2D eigenvalue weighted by atomic mass is 32.2. The van der Waals surface area contributed by atoms with Gasteiger partial charge in [-0.25, -0.2) is 0 Å². The molecule has 0 aliphatic carbocycles. The predicted octanol–water partition coefficient (Wildman–Crippen LogP) is 5.14. The van der Waals surface area contributed by atoms with Crippen LogP contribution in [0.25, 0.3) is 11.1 Å². The van der Waals surface area contributed by atoms with Crippen LogP contribution in [-0.4, -0.2) is 14.1 Å². The Kier molecular flexibility index (Phi) is 6.26. The Balaban J connectivity index is 1.83. The first-order valence-electron chi connectivity index (χ1n) is 9.30. The number of rotatable bonds is 7. The summed E-state index contributed by atoms with van der Waals surface area (Å²) >= 11 is 0. The number of benzene rings is 3. The van der Waals surface area contributed by atoms with Crippen LogP contribution in [0.15, 0.2) is 88.9 Å². The number of nitrogens with one attached hydrogen (secondary N) is 1. The number of aryl methyl sites for hydroxylation is 1. The van der Waals surface area contributed by atoms with Gasteiger partial charge in [-0.15, -0.1) is 0 Å². The van der Waals surface area contributed by atoms with Crippen molar-refractivity contribution in [2.75, 3.05) is 0 Å². The third kappa shape index (κ3) is 4.87. The van der Waals surface area contributed by atoms with Crippen LogP contribution in [0.2, 0.25) is 0 Å². The van der Waals surface area contributed by atoms with Gasteiger partial charge in [-0.1, -0.05) is 85.6 Å². The van der Waals surface area contributed by atoms with E-state index in [1.54, 1.807) is 24.3 Å². The second-order valence-electron chi connectivity index (χ2n) is 6.66. The van der Waals surface area contributed by atoms with E-state index in [1.165, 1.54) is 0 Å². The van der Waals surface area contributed by atoms with Crippen LogP contribution in [-0.2, 0) is 10.0 Å². The van der Waals surface area contributed by atoms with E-state index in [9.17, 15) is 8.42 Å². The molecular formula is C23H24N2O2S. The maximum Gasteiger partial charge on any atom is 0.276 e. The molecular weight excluding hydrogens is 368 g/mol. The standard InChI is InChI=1S/C23H24N2O2S/c1-3-7-23(24-25-28(26,27)22-16-10-18(2)11-17-22)21-14-12-20(13-15-21)19-8-5-4-6-9-19/h4-6,8-17,25H,3,7H2,1-2H3/b24-23+. The number of hydrogen-bond donors (Lipinski definition) is 1. The van der Waals surface area contributed by atoms with Crippen LogP contribution in [0, 0.1) is 6.92 Å². The van der Waals surface area contributed by atoms with Gasteiger partial charge in [0, 0.05) is 0 Å². The lowest BCUT2D eigenvalue weighted by atomic mass is 10.0. The SMILES string of the molecule is CCC/C(=N\NS(=O)(=O)c1ccc(C)cc1)c1ccc(-c2ccccc2)cc1. The third-order valence-corrected chi connectivity index (χ3v) is 5.67. The van der Waals surface area contributed by atoms with E-state index in [1.807, 2.05) is 56.3 Å². The predicted molar refractivity (Wildman–Crippen MR) is 115 cm³/mol. The first-order chi connectivity index (χ1) is 13.5. The summed E-state index contributed by atoms with van der Waals surface area (Å²) < 4.78 is 25.0. The quantitative estimate of drug-likeness (QED) is 0.447. The van der Waals surface area contributed by atoms with Crippen molar-refractivity contribution in [1.29, 1.82) is 0 Å². The Hall–Kier alpha value is -2.92. The van der Waals surface area contributed by atoms with Gasteiger partial charge >= 0.3 is 0 Å². The maximum atomic E-state index is 12.5.